The SMILES string of the molecule is CC(C)Cn1nc(C(=O)NC(C)C(C)C(=O)O)c2ccccc2c1=O. The summed E-state index contributed by atoms with van der Waals surface area (Å²) in [4.78, 5) is 36.3. The number of nitrogens with one attached hydrogen (secondary N) is 1. The van der Waals surface area contributed by atoms with E-state index in [4.69, 9.17) is 5.11 Å². The Hall–Kier alpha value is -2.70. The van der Waals surface area contributed by atoms with Gasteiger partial charge in [-0.05, 0) is 25.8 Å². The summed E-state index contributed by atoms with van der Waals surface area (Å²) >= 11 is 0. The summed E-state index contributed by atoms with van der Waals surface area (Å²) in [5.74, 6) is -2.03. The zero-order chi connectivity index (χ0) is 18.7. The van der Waals surface area contributed by atoms with Crippen LogP contribution in [0, 0.1) is 11.8 Å². The lowest BCUT2D eigenvalue weighted by Crippen LogP contribution is -2.41. The molecule has 0 aliphatic heterocycles. The highest BCUT2D eigenvalue weighted by Gasteiger charge is 2.24. The van der Waals surface area contributed by atoms with Crippen molar-refractivity contribution in [2.45, 2.75) is 40.3 Å². The third-order valence-electron chi connectivity index (χ3n) is 4.12. The fourth-order valence-electron chi connectivity index (χ4n) is 2.49. The van der Waals surface area contributed by atoms with Gasteiger partial charge in [-0.2, -0.15) is 5.10 Å². The van der Waals surface area contributed by atoms with Crippen LogP contribution in [0.2, 0.25) is 0 Å². The first-order valence-corrected chi connectivity index (χ1v) is 8.26. The van der Waals surface area contributed by atoms with Crippen molar-refractivity contribution in [2.75, 3.05) is 0 Å². The average molecular weight is 345 g/mol. The first kappa shape index (κ1) is 18.6. The Balaban J connectivity index is 2.49. The second-order valence-corrected chi connectivity index (χ2v) is 6.66. The Morgan fingerprint density at radius 1 is 1.16 bits per heavy atom. The normalized spacial score (nSPS) is 13.6. The second kappa shape index (κ2) is 7.46. The molecule has 0 saturated carbocycles. The molecule has 2 atom stereocenters. The highest BCUT2D eigenvalue weighted by molar-refractivity contribution is 6.05. The topological polar surface area (TPSA) is 101 Å². The maximum absolute atomic E-state index is 12.7. The van der Waals surface area contributed by atoms with Crippen LogP contribution in [0.1, 0.15) is 38.2 Å². The van der Waals surface area contributed by atoms with Gasteiger partial charge in [0.15, 0.2) is 5.69 Å². The molecule has 2 rings (SSSR count). The van der Waals surface area contributed by atoms with Crippen molar-refractivity contribution in [2.24, 2.45) is 11.8 Å². The molecule has 134 valence electrons. The Kier molecular flexibility index (Phi) is 5.56. The van der Waals surface area contributed by atoms with E-state index in [0.717, 1.165) is 0 Å². The molecular formula is C18H23N3O4. The molecule has 1 amide bonds. The van der Waals surface area contributed by atoms with Gasteiger partial charge < -0.3 is 10.4 Å². The van der Waals surface area contributed by atoms with Crippen LogP contribution in [0.15, 0.2) is 29.1 Å². The smallest absolute Gasteiger partial charge is 0.308 e. The second-order valence-electron chi connectivity index (χ2n) is 6.66. The van der Waals surface area contributed by atoms with Gasteiger partial charge in [-0.15, -0.1) is 0 Å². The van der Waals surface area contributed by atoms with Crippen molar-refractivity contribution in [3.8, 4) is 0 Å². The summed E-state index contributed by atoms with van der Waals surface area (Å²) < 4.78 is 1.30. The van der Waals surface area contributed by atoms with E-state index < -0.39 is 23.8 Å². The maximum Gasteiger partial charge on any atom is 0.308 e. The lowest BCUT2D eigenvalue weighted by Gasteiger charge is -2.18. The Morgan fingerprint density at radius 2 is 1.76 bits per heavy atom. The molecule has 0 bridgehead atoms. The van der Waals surface area contributed by atoms with Crippen LogP contribution in [0.25, 0.3) is 10.8 Å². The monoisotopic (exact) mass is 345 g/mol. The molecule has 0 fully saturated rings. The number of hydrogen-bond acceptors (Lipinski definition) is 4. The van der Waals surface area contributed by atoms with Crippen LogP contribution in [0.4, 0.5) is 0 Å². The van der Waals surface area contributed by atoms with E-state index in [1.807, 2.05) is 13.8 Å². The number of hydrogen-bond donors (Lipinski definition) is 2. The molecule has 0 aliphatic carbocycles. The third-order valence-corrected chi connectivity index (χ3v) is 4.12. The van der Waals surface area contributed by atoms with Crippen LogP contribution in [-0.2, 0) is 11.3 Å². The lowest BCUT2D eigenvalue weighted by molar-refractivity contribution is -0.141. The highest BCUT2D eigenvalue weighted by Crippen LogP contribution is 2.14. The number of carbonyl (C=O) groups excluding carboxylic acids is 1. The molecule has 1 aromatic carbocycles. The van der Waals surface area contributed by atoms with Crippen molar-refractivity contribution in [1.29, 1.82) is 0 Å². The van der Waals surface area contributed by atoms with Gasteiger partial charge in [-0.25, -0.2) is 4.68 Å². The molecule has 0 spiro atoms. The van der Waals surface area contributed by atoms with Crippen LogP contribution < -0.4 is 10.9 Å². The largest absolute Gasteiger partial charge is 0.481 e. The van der Waals surface area contributed by atoms with E-state index in [2.05, 4.69) is 10.4 Å². The summed E-state index contributed by atoms with van der Waals surface area (Å²) in [6, 6.07) is 6.23. The number of amides is 1. The molecule has 7 nitrogen and oxygen atoms in total. The van der Waals surface area contributed by atoms with Gasteiger partial charge in [0.25, 0.3) is 11.5 Å². The van der Waals surface area contributed by atoms with Gasteiger partial charge >= 0.3 is 5.97 Å². The Labute approximate surface area is 145 Å². The molecular weight excluding hydrogens is 322 g/mol. The fraction of sp³-hybridized carbons (Fsp3) is 0.444. The summed E-state index contributed by atoms with van der Waals surface area (Å²) in [7, 11) is 0. The molecule has 1 aromatic heterocycles. The predicted octanol–water partition coefficient (Wildman–Crippen LogP) is 1.89. The first-order valence-electron chi connectivity index (χ1n) is 8.26. The molecule has 7 heteroatoms. The number of nitrogens with zero attached hydrogens (tertiary/aromatic N) is 2. The number of aromatic nitrogens is 2. The van der Waals surface area contributed by atoms with Crippen LogP contribution in [-0.4, -0.2) is 32.8 Å². The van der Waals surface area contributed by atoms with E-state index in [1.54, 1.807) is 31.2 Å². The number of benzene rings is 1. The van der Waals surface area contributed by atoms with Crippen LogP contribution in [0.3, 0.4) is 0 Å². The predicted molar refractivity (Wildman–Crippen MR) is 94.6 cm³/mol. The molecule has 0 radical (unpaired) electrons. The van der Waals surface area contributed by atoms with Gasteiger partial charge in [-0.3, -0.25) is 14.4 Å². The number of fused-ring (bicyclic) bond motifs is 1. The van der Waals surface area contributed by atoms with E-state index in [9.17, 15) is 14.4 Å². The fourth-order valence-corrected chi connectivity index (χ4v) is 2.49. The van der Waals surface area contributed by atoms with Crippen LogP contribution in [0.5, 0.6) is 0 Å². The van der Waals surface area contributed by atoms with Gasteiger partial charge in [0.1, 0.15) is 0 Å². The number of carboxylic acid groups (broad SMARTS) is 1. The molecule has 2 aromatic rings. The Bertz CT molecular complexity index is 857. The molecule has 0 saturated heterocycles. The van der Waals surface area contributed by atoms with Crippen LogP contribution >= 0.6 is 0 Å². The number of carboxylic acids is 1. The minimum absolute atomic E-state index is 0.125. The van der Waals surface area contributed by atoms with E-state index >= 15 is 0 Å². The standard InChI is InChI=1S/C18H23N3O4/c1-10(2)9-21-17(23)14-8-6-5-7-13(14)15(20-21)16(22)19-12(4)11(3)18(24)25/h5-8,10-12H,9H2,1-4H3,(H,19,22)(H,24,25). The summed E-state index contributed by atoms with van der Waals surface area (Å²) in [6.07, 6.45) is 0. The maximum atomic E-state index is 12.7. The first-order chi connectivity index (χ1) is 11.7. The van der Waals surface area contributed by atoms with Crippen molar-refractivity contribution >= 4 is 22.6 Å². The third kappa shape index (κ3) is 4.04. The van der Waals surface area contributed by atoms with Gasteiger partial charge in [0, 0.05) is 18.0 Å². The molecule has 1 heterocycles. The zero-order valence-corrected chi connectivity index (χ0v) is 14.8. The highest BCUT2D eigenvalue weighted by atomic mass is 16.4. The molecule has 0 aliphatic rings. The number of carbonyl (C=O) groups is 2. The van der Waals surface area contributed by atoms with Gasteiger partial charge in [-0.1, -0.05) is 32.0 Å². The summed E-state index contributed by atoms with van der Waals surface area (Å²) in [6.45, 7) is 7.46. The Morgan fingerprint density at radius 3 is 2.32 bits per heavy atom. The quantitative estimate of drug-likeness (QED) is 0.832. The van der Waals surface area contributed by atoms with Crippen molar-refractivity contribution in [1.82, 2.24) is 15.1 Å². The van der Waals surface area contributed by atoms with E-state index in [0.29, 0.717) is 17.3 Å². The van der Waals surface area contributed by atoms with Crippen molar-refractivity contribution < 1.29 is 14.7 Å². The minimum atomic E-state index is -0.990. The average Bonchev–Trinajstić information content (AvgIpc) is 2.56. The number of rotatable bonds is 6. The van der Waals surface area contributed by atoms with Gasteiger partial charge in [0.05, 0.1) is 11.3 Å². The van der Waals surface area contributed by atoms with Crippen molar-refractivity contribution in [3.63, 3.8) is 0 Å². The summed E-state index contributed by atoms with van der Waals surface area (Å²) in [5, 5.41) is 16.9. The molecule has 25 heavy (non-hydrogen) atoms. The molecule has 2 N–H and O–H groups in total. The molecule has 2 unspecified atom stereocenters. The van der Waals surface area contributed by atoms with E-state index in [1.165, 1.54) is 11.6 Å². The minimum Gasteiger partial charge on any atom is -0.481 e. The van der Waals surface area contributed by atoms with Crippen molar-refractivity contribution in [3.05, 3.63) is 40.3 Å². The summed E-state index contributed by atoms with van der Waals surface area (Å²) in [5.41, 5.74) is -0.118. The number of aliphatic carboxylic acids is 1. The lowest BCUT2D eigenvalue weighted by atomic mass is 10.0. The van der Waals surface area contributed by atoms with E-state index in [-0.39, 0.29) is 17.2 Å². The van der Waals surface area contributed by atoms with Gasteiger partial charge in [0.2, 0.25) is 0 Å². The zero-order valence-electron chi connectivity index (χ0n) is 14.8.